The van der Waals surface area contributed by atoms with Crippen molar-refractivity contribution in [3.05, 3.63) is 47.2 Å². The van der Waals surface area contributed by atoms with Gasteiger partial charge in [0, 0.05) is 10.6 Å². The smallest absolute Gasteiger partial charge is 0.329 e. The fraction of sp³-hybridized carbons (Fsp3) is 0. The summed E-state index contributed by atoms with van der Waals surface area (Å²) in [5, 5.41) is 4.18. The van der Waals surface area contributed by atoms with E-state index in [-0.39, 0.29) is 0 Å². The Kier molecular flexibility index (Phi) is 4.17. The van der Waals surface area contributed by atoms with Crippen molar-refractivity contribution in [1.82, 2.24) is 5.43 Å². The van der Waals surface area contributed by atoms with Crippen LogP contribution in [-0.2, 0) is 9.59 Å². The van der Waals surface area contributed by atoms with E-state index in [1.807, 2.05) is 17.6 Å². The zero-order valence-corrected chi connectivity index (χ0v) is 10.9. The highest BCUT2D eigenvalue weighted by Gasteiger charge is 2.06. The van der Waals surface area contributed by atoms with E-state index >= 15 is 0 Å². The molecule has 0 fully saturated rings. The van der Waals surface area contributed by atoms with Gasteiger partial charge >= 0.3 is 11.8 Å². The lowest BCUT2D eigenvalue weighted by molar-refractivity contribution is -0.137. The van der Waals surface area contributed by atoms with Gasteiger partial charge in [0.25, 0.3) is 0 Å². The van der Waals surface area contributed by atoms with Gasteiger partial charge in [-0.15, -0.1) is 0 Å². The number of nitrogens with one attached hydrogen (secondary N) is 1. The second kappa shape index (κ2) is 6.03. The number of carbonyl (C=O) groups is 2. The van der Waals surface area contributed by atoms with Crippen LogP contribution in [0.3, 0.4) is 0 Å². The fourth-order valence-electron chi connectivity index (χ4n) is 1.40. The van der Waals surface area contributed by atoms with Crippen molar-refractivity contribution in [2.75, 3.05) is 0 Å². The third kappa shape index (κ3) is 3.46. The van der Waals surface area contributed by atoms with E-state index in [1.54, 1.807) is 24.3 Å². The number of furan rings is 1. The number of primary amides is 1. The van der Waals surface area contributed by atoms with E-state index in [4.69, 9.17) is 21.8 Å². The molecule has 0 aliphatic heterocycles. The molecule has 0 aliphatic carbocycles. The van der Waals surface area contributed by atoms with Crippen LogP contribution in [-0.4, -0.2) is 18.0 Å². The Hall–Kier alpha value is -2.60. The first-order valence-corrected chi connectivity index (χ1v) is 5.92. The van der Waals surface area contributed by atoms with Gasteiger partial charge in [-0.1, -0.05) is 11.6 Å². The molecule has 0 unspecified atom stereocenters. The Labute approximate surface area is 119 Å². The van der Waals surface area contributed by atoms with Crippen LogP contribution in [0.5, 0.6) is 0 Å². The first-order valence-electron chi connectivity index (χ1n) is 5.55. The number of carbonyl (C=O) groups excluding carboxylic acids is 2. The van der Waals surface area contributed by atoms with Crippen LogP contribution >= 0.6 is 11.6 Å². The summed E-state index contributed by atoms with van der Waals surface area (Å²) in [5.74, 6) is -1.06. The molecular weight excluding hydrogens is 282 g/mol. The standard InChI is InChI=1S/C13H10ClN3O3/c14-9-3-1-8(2-4-9)11-6-5-10(20-11)7-16-17-13(19)12(15)18/h1-7H,(H2,15,18)(H,17,19)/b16-7+. The first kappa shape index (κ1) is 13.8. The zero-order chi connectivity index (χ0) is 14.5. The van der Waals surface area contributed by atoms with Crippen LogP contribution < -0.4 is 11.2 Å². The van der Waals surface area contributed by atoms with Gasteiger partial charge in [-0.25, -0.2) is 5.43 Å². The Morgan fingerprint density at radius 1 is 1.20 bits per heavy atom. The van der Waals surface area contributed by atoms with Gasteiger partial charge in [-0.05, 0) is 36.4 Å². The fourth-order valence-corrected chi connectivity index (χ4v) is 1.53. The molecule has 0 radical (unpaired) electrons. The van der Waals surface area contributed by atoms with Crippen LogP contribution in [0, 0.1) is 0 Å². The molecule has 6 nitrogen and oxygen atoms in total. The minimum atomic E-state index is -1.11. The average Bonchev–Trinajstić information content (AvgIpc) is 2.88. The third-order valence-electron chi connectivity index (χ3n) is 2.34. The van der Waals surface area contributed by atoms with Gasteiger partial charge < -0.3 is 10.2 Å². The van der Waals surface area contributed by atoms with E-state index in [0.717, 1.165) is 5.56 Å². The predicted molar refractivity (Wildman–Crippen MR) is 74.1 cm³/mol. The molecule has 0 spiro atoms. The summed E-state index contributed by atoms with van der Waals surface area (Å²) >= 11 is 5.80. The van der Waals surface area contributed by atoms with Gasteiger partial charge in [-0.3, -0.25) is 9.59 Å². The van der Waals surface area contributed by atoms with Crippen molar-refractivity contribution < 1.29 is 14.0 Å². The van der Waals surface area contributed by atoms with Crippen LogP contribution in [0.1, 0.15) is 5.76 Å². The summed E-state index contributed by atoms with van der Waals surface area (Å²) in [6.45, 7) is 0. The molecule has 0 bridgehead atoms. The van der Waals surface area contributed by atoms with Crippen LogP contribution in [0.2, 0.25) is 5.02 Å². The Bertz CT molecular complexity index is 662. The average molecular weight is 292 g/mol. The highest BCUT2D eigenvalue weighted by molar-refractivity contribution is 6.34. The molecule has 2 aromatic rings. The lowest BCUT2D eigenvalue weighted by Gasteiger charge is -1.96. The molecule has 0 aliphatic rings. The number of nitrogens with zero attached hydrogens (tertiary/aromatic N) is 1. The highest BCUT2D eigenvalue weighted by Crippen LogP contribution is 2.23. The number of hydrogen-bond acceptors (Lipinski definition) is 4. The number of benzene rings is 1. The van der Waals surface area contributed by atoms with Crippen molar-refractivity contribution >= 4 is 29.6 Å². The van der Waals surface area contributed by atoms with Crippen LogP contribution in [0.25, 0.3) is 11.3 Å². The van der Waals surface area contributed by atoms with Crippen LogP contribution in [0.4, 0.5) is 0 Å². The Morgan fingerprint density at radius 2 is 1.90 bits per heavy atom. The van der Waals surface area contributed by atoms with E-state index in [0.29, 0.717) is 16.5 Å². The largest absolute Gasteiger partial charge is 0.455 e. The number of nitrogens with two attached hydrogens (primary N) is 1. The number of hydrazone groups is 1. The molecule has 2 amide bonds. The minimum absolute atomic E-state index is 0.416. The van der Waals surface area contributed by atoms with E-state index < -0.39 is 11.8 Å². The maximum atomic E-state index is 10.8. The van der Waals surface area contributed by atoms with Gasteiger partial charge in [0.15, 0.2) is 0 Å². The normalized spacial score (nSPS) is 10.7. The van der Waals surface area contributed by atoms with Crippen molar-refractivity contribution in [2.24, 2.45) is 10.8 Å². The lowest BCUT2D eigenvalue weighted by atomic mass is 10.2. The van der Waals surface area contributed by atoms with E-state index in [9.17, 15) is 9.59 Å². The Morgan fingerprint density at radius 3 is 2.55 bits per heavy atom. The molecule has 7 heteroatoms. The van der Waals surface area contributed by atoms with Gasteiger partial charge in [0.05, 0.1) is 6.21 Å². The summed E-state index contributed by atoms with van der Waals surface area (Å²) in [5.41, 5.74) is 7.57. The zero-order valence-electron chi connectivity index (χ0n) is 10.2. The van der Waals surface area contributed by atoms with Crippen molar-refractivity contribution in [1.29, 1.82) is 0 Å². The maximum Gasteiger partial charge on any atom is 0.329 e. The summed E-state index contributed by atoms with van der Waals surface area (Å²) in [6, 6.07) is 10.6. The van der Waals surface area contributed by atoms with Crippen molar-refractivity contribution in [2.45, 2.75) is 0 Å². The summed E-state index contributed by atoms with van der Waals surface area (Å²) in [6.07, 6.45) is 1.26. The lowest BCUT2D eigenvalue weighted by Crippen LogP contribution is -2.32. The molecule has 102 valence electrons. The molecule has 1 aromatic heterocycles. The number of halogens is 1. The summed E-state index contributed by atoms with van der Waals surface area (Å²) in [7, 11) is 0. The summed E-state index contributed by atoms with van der Waals surface area (Å²) < 4.78 is 5.49. The van der Waals surface area contributed by atoms with Crippen molar-refractivity contribution in [3.8, 4) is 11.3 Å². The SMILES string of the molecule is NC(=O)C(=O)N/N=C/c1ccc(-c2ccc(Cl)cc2)o1. The van der Waals surface area contributed by atoms with E-state index in [1.165, 1.54) is 6.21 Å². The summed E-state index contributed by atoms with van der Waals surface area (Å²) in [4.78, 5) is 21.3. The molecule has 3 N–H and O–H groups in total. The highest BCUT2D eigenvalue weighted by atomic mass is 35.5. The van der Waals surface area contributed by atoms with Gasteiger partial charge in [0.2, 0.25) is 0 Å². The molecule has 20 heavy (non-hydrogen) atoms. The number of rotatable bonds is 3. The predicted octanol–water partition coefficient (Wildman–Crippen LogP) is 1.54. The molecule has 1 heterocycles. The molecule has 1 aromatic carbocycles. The Balaban J connectivity index is 2.06. The minimum Gasteiger partial charge on any atom is -0.455 e. The molecule has 0 saturated heterocycles. The monoisotopic (exact) mass is 291 g/mol. The second-order valence-corrected chi connectivity index (χ2v) is 4.21. The quantitative estimate of drug-likeness (QED) is 0.510. The van der Waals surface area contributed by atoms with Gasteiger partial charge in [-0.2, -0.15) is 5.10 Å². The van der Waals surface area contributed by atoms with Gasteiger partial charge in [0.1, 0.15) is 11.5 Å². The molecular formula is C13H10ClN3O3. The first-order chi connectivity index (χ1) is 9.56. The number of hydrogen-bond donors (Lipinski definition) is 2. The maximum absolute atomic E-state index is 10.8. The van der Waals surface area contributed by atoms with E-state index in [2.05, 4.69) is 5.10 Å². The third-order valence-corrected chi connectivity index (χ3v) is 2.59. The van der Waals surface area contributed by atoms with Crippen molar-refractivity contribution in [3.63, 3.8) is 0 Å². The molecule has 0 saturated carbocycles. The van der Waals surface area contributed by atoms with Crippen LogP contribution in [0.15, 0.2) is 45.9 Å². The number of amides is 2. The second-order valence-electron chi connectivity index (χ2n) is 3.77. The topological polar surface area (TPSA) is 97.7 Å². The molecule has 2 rings (SSSR count). The molecule has 0 atom stereocenters.